The minimum atomic E-state index is -0.219. The van der Waals surface area contributed by atoms with Crippen LogP contribution in [0.3, 0.4) is 0 Å². The molecule has 4 aromatic heterocycles. The molecule has 0 spiro atoms. The molecule has 0 radical (unpaired) electrons. The smallest absolute Gasteiger partial charge is 0.278 e. The Balaban J connectivity index is 1.40. The highest BCUT2D eigenvalue weighted by molar-refractivity contribution is 5.85. The first-order valence-corrected chi connectivity index (χ1v) is 12.3. The molecule has 0 amide bonds. The molecule has 1 saturated heterocycles. The topological polar surface area (TPSA) is 128 Å². The molecule has 0 atom stereocenters. The minimum absolute atomic E-state index is 0.107. The monoisotopic (exact) mass is 497 g/mol. The number of pyridine rings is 1. The molecule has 11 nitrogen and oxygen atoms in total. The third kappa shape index (κ3) is 4.33. The van der Waals surface area contributed by atoms with Crippen LogP contribution in [0.15, 0.2) is 60.0 Å². The van der Waals surface area contributed by atoms with Crippen LogP contribution in [0.2, 0.25) is 0 Å². The van der Waals surface area contributed by atoms with Crippen LogP contribution < -0.4 is 20.9 Å². The molecule has 0 bridgehead atoms. The summed E-state index contributed by atoms with van der Waals surface area (Å²) in [5.74, 6) is 1.40. The number of hydrogen-bond donors (Lipinski definition) is 3. The highest BCUT2D eigenvalue weighted by Crippen LogP contribution is 2.24. The number of nitrogens with zero attached hydrogens (tertiary/aromatic N) is 6. The zero-order valence-corrected chi connectivity index (χ0v) is 20.4. The summed E-state index contributed by atoms with van der Waals surface area (Å²) in [6.45, 7) is 7.92. The predicted octanol–water partition coefficient (Wildman–Crippen LogP) is 3.22. The van der Waals surface area contributed by atoms with Gasteiger partial charge in [-0.05, 0) is 57.1 Å². The molecule has 5 aromatic rings. The quantitative estimate of drug-likeness (QED) is 0.293. The lowest BCUT2D eigenvalue weighted by atomic mass is 10.1. The van der Waals surface area contributed by atoms with Crippen LogP contribution in [-0.4, -0.2) is 53.7 Å². The minimum Gasteiger partial charge on any atom is -0.474 e. The normalized spacial score (nSPS) is 14.3. The summed E-state index contributed by atoms with van der Waals surface area (Å²) in [5.41, 5.74) is 2.89. The standard InChI is InChI=1S/C26H27N9O2/c1-3-13-34-25(36)20-15-28-26(29-17-7-8-21-19(14-17)16(2)32-33-21)31-24(20)35(34)22-5-4-6-23(30-22)37-18-9-11-27-12-10-18/h3-8,14-15,18,27H,1,9-13H2,2H3,(H,32,33)(H,28,29,31). The average molecular weight is 498 g/mol. The van der Waals surface area contributed by atoms with Gasteiger partial charge in [0.2, 0.25) is 11.8 Å². The number of rotatable bonds is 7. The first-order chi connectivity index (χ1) is 18.1. The van der Waals surface area contributed by atoms with Crippen LogP contribution >= 0.6 is 0 Å². The molecule has 11 heteroatoms. The Labute approximate surface area is 212 Å². The van der Waals surface area contributed by atoms with Crippen molar-refractivity contribution >= 4 is 33.6 Å². The van der Waals surface area contributed by atoms with Gasteiger partial charge in [-0.1, -0.05) is 12.1 Å². The van der Waals surface area contributed by atoms with E-state index in [0.717, 1.165) is 48.2 Å². The molecule has 5 heterocycles. The van der Waals surface area contributed by atoms with Crippen molar-refractivity contribution in [2.45, 2.75) is 32.4 Å². The SMILES string of the molecule is C=CCn1c(=O)c2cnc(Nc3ccc4n[nH]c(C)c4c3)nc2n1-c1cccc(OC2CCNCC2)n1. The van der Waals surface area contributed by atoms with Crippen LogP contribution in [0.4, 0.5) is 11.6 Å². The van der Waals surface area contributed by atoms with Crippen molar-refractivity contribution in [1.82, 2.24) is 39.8 Å². The van der Waals surface area contributed by atoms with Gasteiger partial charge in [0.1, 0.15) is 11.5 Å². The number of fused-ring (bicyclic) bond motifs is 2. The van der Waals surface area contributed by atoms with Gasteiger partial charge in [-0.15, -0.1) is 6.58 Å². The van der Waals surface area contributed by atoms with Gasteiger partial charge in [-0.2, -0.15) is 15.1 Å². The number of H-pyrrole nitrogens is 1. The van der Waals surface area contributed by atoms with Crippen molar-refractivity contribution in [3.05, 3.63) is 71.3 Å². The molecule has 37 heavy (non-hydrogen) atoms. The van der Waals surface area contributed by atoms with Gasteiger partial charge < -0.3 is 15.4 Å². The van der Waals surface area contributed by atoms with E-state index in [9.17, 15) is 4.79 Å². The van der Waals surface area contributed by atoms with E-state index in [-0.39, 0.29) is 18.2 Å². The Bertz CT molecular complexity index is 1660. The first kappa shape index (κ1) is 22.9. The fourth-order valence-electron chi connectivity index (χ4n) is 4.63. The summed E-state index contributed by atoms with van der Waals surface area (Å²) in [7, 11) is 0. The molecule has 1 aromatic carbocycles. The summed E-state index contributed by atoms with van der Waals surface area (Å²) < 4.78 is 9.40. The molecule has 0 saturated carbocycles. The number of aromatic amines is 1. The lowest BCUT2D eigenvalue weighted by molar-refractivity contribution is 0.156. The van der Waals surface area contributed by atoms with Crippen molar-refractivity contribution in [3.8, 4) is 11.7 Å². The van der Waals surface area contributed by atoms with Crippen LogP contribution in [0, 0.1) is 6.92 Å². The van der Waals surface area contributed by atoms with Crippen LogP contribution in [0.5, 0.6) is 5.88 Å². The van der Waals surface area contributed by atoms with Gasteiger partial charge in [0.05, 0.1) is 12.1 Å². The first-order valence-electron chi connectivity index (χ1n) is 12.3. The summed E-state index contributed by atoms with van der Waals surface area (Å²) in [6, 6.07) is 11.4. The Morgan fingerprint density at radius 2 is 2.05 bits per heavy atom. The predicted molar refractivity (Wildman–Crippen MR) is 142 cm³/mol. The Kier molecular flexibility index (Phi) is 5.89. The maximum Gasteiger partial charge on any atom is 0.278 e. The number of nitrogens with one attached hydrogen (secondary N) is 3. The van der Waals surface area contributed by atoms with E-state index in [2.05, 4.69) is 32.4 Å². The number of allylic oxidation sites excluding steroid dienone is 1. The summed E-state index contributed by atoms with van der Waals surface area (Å²) in [4.78, 5) is 27.1. The van der Waals surface area contributed by atoms with Gasteiger partial charge in [-0.25, -0.2) is 14.3 Å². The molecule has 1 fully saturated rings. The molecule has 1 aliphatic rings. The van der Waals surface area contributed by atoms with Crippen molar-refractivity contribution in [2.75, 3.05) is 18.4 Å². The van der Waals surface area contributed by atoms with Crippen molar-refractivity contribution in [3.63, 3.8) is 0 Å². The lowest BCUT2D eigenvalue weighted by Crippen LogP contribution is -2.34. The number of hydrogen-bond acceptors (Lipinski definition) is 8. The van der Waals surface area contributed by atoms with Gasteiger partial charge in [0.25, 0.3) is 5.56 Å². The average Bonchev–Trinajstić information content (AvgIpc) is 3.41. The Hall–Kier alpha value is -4.51. The highest BCUT2D eigenvalue weighted by atomic mass is 16.5. The number of benzene rings is 1. The molecule has 0 unspecified atom stereocenters. The van der Waals surface area contributed by atoms with E-state index in [1.54, 1.807) is 21.6 Å². The van der Waals surface area contributed by atoms with E-state index in [0.29, 0.717) is 28.7 Å². The third-order valence-electron chi connectivity index (χ3n) is 6.48. The van der Waals surface area contributed by atoms with Crippen molar-refractivity contribution in [1.29, 1.82) is 0 Å². The second-order valence-electron chi connectivity index (χ2n) is 9.03. The fraction of sp³-hybridized carbons (Fsp3) is 0.269. The molecular formula is C26H27N9O2. The van der Waals surface area contributed by atoms with Crippen molar-refractivity contribution in [2.24, 2.45) is 0 Å². The van der Waals surface area contributed by atoms with E-state index >= 15 is 0 Å². The van der Waals surface area contributed by atoms with E-state index < -0.39 is 0 Å². The number of aromatic nitrogens is 7. The van der Waals surface area contributed by atoms with E-state index in [1.165, 1.54) is 0 Å². The number of aryl methyl sites for hydroxylation is 1. The Morgan fingerprint density at radius 1 is 1.19 bits per heavy atom. The second kappa shape index (κ2) is 9.51. The zero-order chi connectivity index (χ0) is 25.4. The fourth-order valence-corrected chi connectivity index (χ4v) is 4.63. The van der Waals surface area contributed by atoms with Gasteiger partial charge in [0.15, 0.2) is 11.5 Å². The lowest BCUT2D eigenvalue weighted by Gasteiger charge is -2.23. The molecule has 6 rings (SSSR count). The highest BCUT2D eigenvalue weighted by Gasteiger charge is 2.20. The second-order valence-corrected chi connectivity index (χ2v) is 9.03. The molecular weight excluding hydrogens is 470 g/mol. The number of anilines is 2. The maximum atomic E-state index is 13.3. The van der Waals surface area contributed by atoms with Crippen LogP contribution in [0.25, 0.3) is 27.8 Å². The van der Waals surface area contributed by atoms with E-state index in [4.69, 9.17) is 14.7 Å². The van der Waals surface area contributed by atoms with Crippen molar-refractivity contribution < 1.29 is 4.74 Å². The molecule has 1 aliphatic heterocycles. The molecule has 0 aliphatic carbocycles. The number of ether oxygens (including phenoxy) is 1. The van der Waals surface area contributed by atoms with Crippen LogP contribution in [-0.2, 0) is 6.54 Å². The summed E-state index contributed by atoms with van der Waals surface area (Å²) >= 11 is 0. The largest absolute Gasteiger partial charge is 0.474 e. The summed E-state index contributed by atoms with van der Waals surface area (Å²) in [6.07, 6.45) is 5.16. The van der Waals surface area contributed by atoms with Gasteiger partial charge in [0, 0.05) is 29.0 Å². The number of piperidine rings is 1. The summed E-state index contributed by atoms with van der Waals surface area (Å²) in [5, 5.41) is 15.2. The van der Waals surface area contributed by atoms with Crippen LogP contribution in [0.1, 0.15) is 18.5 Å². The molecule has 3 N–H and O–H groups in total. The van der Waals surface area contributed by atoms with E-state index in [1.807, 2.05) is 43.3 Å². The zero-order valence-electron chi connectivity index (χ0n) is 20.4. The third-order valence-corrected chi connectivity index (χ3v) is 6.48. The molecule has 188 valence electrons. The maximum absolute atomic E-state index is 13.3. The Morgan fingerprint density at radius 3 is 2.89 bits per heavy atom. The van der Waals surface area contributed by atoms with Gasteiger partial charge in [-0.3, -0.25) is 9.89 Å². The van der Waals surface area contributed by atoms with Gasteiger partial charge >= 0.3 is 0 Å².